The summed E-state index contributed by atoms with van der Waals surface area (Å²) in [5.41, 5.74) is 1.96. The third-order valence-corrected chi connectivity index (χ3v) is 2.32. The first-order valence-electron chi connectivity index (χ1n) is 4.65. The lowest BCUT2D eigenvalue weighted by Gasteiger charge is -2.02. The number of benzene rings is 1. The van der Waals surface area contributed by atoms with E-state index in [1.165, 1.54) is 0 Å². The summed E-state index contributed by atoms with van der Waals surface area (Å²) >= 11 is 0. The van der Waals surface area contributed by atoms with Crippen molar-refractivity contribution in [2.45, 2.75) is 25.9 Å². The second kappa shape index (κ2) is 3.33. The van der Waals surface area contributed by atoms with Crippen LogP contribution >= 0.6 is 0 Å². The SMILES string of the molecule is C[C@H]1Cc2cc(CC(=O)O)ccc2O1. The van der Waals surface area contributed by atoms with Crippen molar-refractivity contribution in [1.82, 2.24) is 0 Å². The molecule has 1 N–H and O–H groups in total. The van der Waals surface area contributed by atoms with Crippen LogP contribution in [0.15, 0.2) is 18.2 Å². The number of hydrogen-bond donors (Lipinski definition) is 1. The fraction of sp³-hybridized carbons (Fsp3) is 0.364. The highest BCUT2D eigenvalue weighted by Crippen LogP contribution is 2.29. The zero-order valence-corrected chi connectivity index (χ0v) is 7.99. The molecule has 3 nitrogen and oxygen atoms in total. The molecule has 1 atom stereocenters. The van der Waals surface area contributed by atoms with Gasteiger partial charge in [-0.3, -0.25) is 4.79 Å². The van der Waals surface area contributed by atoms with Gasteiger partial charge in [0.15, 0.2) is 0 Å². The second-order valence-electron chi connectivity index (χ2n) is 3.65. The average Bonchev–Trinajstić information content (AvgIpc) is 2.42. The number of ether oxygens (including phenoxy) is 1. The highest BCUT2D eigenvalue weighted by Gasteiger charge is 2.19. The zero-order chi connectivity index (χ0) is 10.1. The van der Waals surface area contributed by atoms with Crippen molar-refractivity contribution in [1.29, 1.82) is 0 Å². The van der Waals surface area contributed by atoms with Gasteiger partial charge in [-0.1, -0.05) is 12.1 Å². The van der Waals surface area contributed by atoms with Crippen molar-refractivity contribution in [3.05, 3.63) is 29.3 Å². The third kappa shape index (κ3) is 1.71. The zero-order valence-electron chi connectivity index (χ0n) is 7.99. The molecule has 1 heterocycles. The van der Waals surface area contributed by atoms with Crippen LogP contribution in [0, 0.1) is 0 Å². The molecule has 0 saturated carbocycles. The lowest BCUT2D eigenvalue weighted by molar-refractivity contribution is -0.136. The summed E-state index contributed by atoms with van der Waals surface area (Å²) in [7, 11) is 0. The summed E-state index contributed by atoms with van der Waals surface area (Å²) in [4.78, 5) is 10.5. The Morgan fingerprint density at radius 1 is 1.64 bits per heavy atom. The first-order valence-corrected chi connectivity index (χ1v) is 4.65. The third-order valence-electron chi connectivity index (χ3n) is 2.32. The van der Waals surface area contributed by atoms with E-state index < -0.39 is 5.97 Å². The van der Waals surface area contributed by atoms with Crippen LogP contribution in [-0.4, -0.2) is 17.2 Å². The predicted molar refractivity (Wildman–Crippen MR) is 51.6 cm³/mol. The molecule has 0 fully saturated rings. The van der Waals surface area contributed by atoms with E-state index in [4.69, 9.17) is 9.84 Å². The number of carboxylic acid groups (broad SMARTS) is 1. The molecule has 0 amide bonds. The molecule has 14 heavy (non-hydrogen) atoms. The maximum atomic E-state index is 10.5. The maximum absolute atomic E-state index is 10.5. The van der Waals surface area contributed by atoms with Gasteiger partial charge in [0.25, 0.3) is 0 Å². The Balaban J connectivity index is 2.24. The molecular formula is C11H12O3. The number of fused-ring (bicyclic) bond motifs is 1. The van der Waals surface area contributed by atoms with Crippen molar-refractivity contribution < 1.29 is 14.6 Å². The van der Waals surface area contributed by atoms with Gasteiger partial charge in [-0.2, -0.15) is 0 Å². The molecule has 1 aromatic rings. The van der Waals surface area contributed by atoms with E-state index in [2.05, 4.69) is 0 Å². The second-order valence-corrected chi connectivity index (χ2v) is 3.65. The van der Waals surface area contributed by atoms with E-state index in [-0.39, 0.29) is 12.5 Å². The number of carboxylic acids is 1. The first kappa shape index (κ1) is 9.06. The van der Waals surface area contributed by atoms with E-state index in [0.29, 0.717) is 0 Å². The molecule has 0 spiro atoms. The standard InChI is InChI=1S/C11H12O3/c1-7-4-9-5-8(6-11(12)13)2-3-10(9)14-7/h2-3,5,7H,4,6H2,1H3,(H,12,13)/t7-/m0/s1. The van der Waals surface area contributed by atoms with E-state index in [1.807, 2.05) is 25.1 Å². The van der Waals surface area contributed by atoms with Crippen LogP contribution < -0.4 is 4.74 Å². The minimum absolute atomic E-state index is 0.0850. The molecule has 1 aromatic carbocycles. The van der Waals surface area contributed by atoms with Gasteiger partial charge in [-0.25, -0.2) is 0 Å². The largest absolute Gasteiger partial charge is 0.490 e. The van der Waals surface area contributed by atoms with Crippen molar-refractivity contribution in [3.8, 4) is 5.75 Å². The van der Waals surface area contributed by atoms with Gasteiger partial charge >= 0.3 is 5.97 Å². The monoisotopic (exact) mass is 192 g/mol. The van der Waals surface area contributed by atoms with Crippen LogP contribution in [0.25, 0.3) is 0 Å². The van der Waals surface area contributed by atoms with Crippen molar-refractivity contribution >= 4 is 5.97 Å². The Bertz CT molecular complexity index is 371. The summed E-state index contributed by atoms with van der Waals surface area (Å²) < 4.78 is 5.52. The predicted octanol–water partition coefficient (Wildman–Crippen LogP) is 1.64. The Morgan fingerprint density at radius 3 is 3.14 bits per heavy atom. The maximum Gasteiger partial charge on any atom is 0.307 e. The number of carbonyl (C=O) groups is 1. The van der Waals surface area contributed by atoms with Gasteiger partial charge < -0.3 is 9.84 Å². The summed E-state index contributed by atoms with van der Waals surface area (Å²) in [6.45, 7) is 2.01. The Morgan fingerprint density at radius 2 is 2.43 bits per heavy atom. The molecular weight excluding hydrogens is 180 g/mol. The topological polar surface area (TPSA) is 46.5 Å². The molecule has 1 aliphatic heterocycles. The number of rotatable bonds is 2. The minimum atomic E-state index is -0.795. The lowest BCUT2D eigenvalue weighted by atomic mass is 10.1. The minimum Gasteiger partial charge on any atom is -0.490 e. The highest BCUT2D eigenvalue weighted by atomic mass is 16.5. The van der Waals surface area contributed by atoms with E-state index in [9.17, 15) is 4.79 Å². The Labute approximate surface area is 82.3 Å². The van der Waals surface area contributed by atoms with Gasteiger partial charge in [0.05, 0.1) is 6.42 Å². The van der Waals surface area contributed by atoms with Crippen LogP contribution in [0.4, 0.5) is 0 Å². The normalized spacial score (nSPS) is 18.8. The highest BCUT2D eigenvalue weighted by molar-refractivity contribution is 5.70. The van der Waals surface area contributed by atoms with Gasteiger partial charge in [0.2, 0.25) is 0 Å². The summed E-state index contributed by atoms with van der Waals surface area (Å²) in [6.07, 6.45) is 1.18. The Hall–Kier alpha value is -1.51. The summed E-state index contributed by atoms with van der Waals surface area (Å²) in [5.74, 6) is 0.101. The van der Waals surface area contributed by atoms with Crippen LogP contribution in [0.5, 0.6) is 5.75 Å². The van der Waals surface area contributed by atoms with Gasteiger partial charge in [-0.05, 0) is 24.1 Å². The molecule has 0 aromatic heterocycles. The van der Waals surface area contributed by atoms with Crippen LogP contribution in [0.3, 0.4) is 0 Å². The van der Waals surface area contributed by atoms with E-state index in [1.54, 1.807) is 0 Å². The van der Waals surface area contributed by atoms with Crippen LogP contribution in [-0.2, 0) is 17.6 Å². The smallest absolute Gasteiger partial charge is 0.307 e. The Kier molecular flexibility index (Phi) is 2.15. The fourth-order valence-electron chi connectivity index (χ4n) is 1.76. The summed E-state index contributed by atoms with van der Waals surface area (Å²) in [5, 5.41) is 8.64. The molecule has 1 aliphatic rings. The number of hydrogen-bond acceptors (Lipinski definition) is 2. The van der Waals surface area contributed by atoms with Crippen molar-refractivity contribution in [2.75, 3.05) is 0 Å². The van der Waals surface area contributed by atoms with Crippen molar-refractivity contribution in [2.24, 2.45) is 0 Å². The van der Waals surface area contributed by atoms with E-state index in [0.717, 1.165) is 23.3 Å². The van der Waals surface area contributed by atoms with Crippen LogP contribution in [0.2, 0.25) is 0 Å². The average molecular weight is 192 g/mol. The first-order chi connectivity index (χ1) is 6.65. The number of aliphatic carboxylic acids is 1. The van der Waals surface area contributed by atoms with Gasteiger partial charge in [0.1, 0.15) is 11.9 Å². The van der Waals surface area contributed by atoms with Gasteiger partial charge in [0, 0.05) is 6.42 Å². The fourth-order valence-corrected chi connectivity index (χ4v) is 1.76. The van der Waals surface area contributed by atoms with E-state index >= 15 is 0 Å². The molecule has 0 bridgehead atoms. The molecule has 0 radical (unpaired) electrons. The molecule has 0 unspecified atom stereocenters. The summed E-state index contributed by atoms with van der Waals surface area (Å²) in [6, 6.07) is 5.59. The lowest BCUT2D eigenvalue weighted by Crippen LogP contribution is -2.05. The van der Waals surface area contributed by atoms with Crippen LogP contribution in [0.1, 0.15) is 18.1 Å². The van der Waals surface area contributed by atoms with Gasteiger partial charge in [-0.15, -0.1) is 0 Å². The molecule has 2 rings (SSSR count). The quantitative estimate of drug-likeness (QED) is 0.774. The molecule has 74 valence electrons. The molecule has 3 heteroatoms. The van der Waals surface area contributed by atoms with Crippen molar-refractivity contribution in [3.63, 3.8) is 0 Å². The molecule has 0 saturated heterocycles. The molecule has 0 aliphatic carbocycles.